The summed E-state index contributed by atoms with van der Waals surface area (Å²) in [5, 5.41) is 10.2. The van der Waals surface area contributed by atoms with Gasteiger partial charge in [0.15, 0.2) is 0 Å². The van der Waals surface area contributed by atoms with Gasteiger partial charge < -0.3 is 9.52 Å². The lowest BCUT2D eigenvalue weighted by Gasteiger charge is -1.93. The molecule has 1 heterocycles. The van der Waals surface area contributed by atoms with Crippen LogP contribution in [0.3, 0.4) is 0 Å². The van der Waals surface area contributed by atoms with E-state index in [1.807, 2.05) is 6.07 Å². The van der Waals surface area contributed by atoms with Crippen LogP contribution in [0.1, 0.15) is 10.4 Å². The molecule has 0 unspecified atom stereocenters. The van der Waals surface area contributed by atoms with Crippen LogP contribution in [0.15, 0.2) is 35.1 Å². The zero-order chi connectivity index (χ0) is 8.55. The number of hydrogen-bond donors (Lipinski definition) is 1. The molecule has 0 radical (unpaired) electrons. The summed E-state index contributed by atoms with van der Waals surface area (Å²) in [5.74, 6) is -0.929. The number of hydrogen-bond acceptors (Lipinski definition) is 2. The molecule has 0 saturated heterocycles. The first-order valence-electron chi connectivity index (χ1n) is 3.47. The van der Waals surface area contributed by atoms with E-state index in [1.54, 1.807) is 12.1 Å². The van der Waals surface area contributed by atoms with E-state index in [0.29, 0.717) is 5.39 Å². The molecule has 12 heavy (non-hydrogen) atoms. The van der Waals surface area contributed by atoms with Gasteiger partial charge in [0.25, 0.3) is 0 Å². The first-order valence-corrected chi connectivity index (χ1v) is 3.47. The van der Waals surface area contributed by atoms with Crippen LogP contribution in [0, 0.1) is 0 Å². The predicted octanol–water partition coefficient (Wildman–Crippen LogP) is 2.13. The van der Waals surface area contributed by atoms with Crippen molar-refractivity contribution in [2.45, 2.75) is 0 Å². The zero-order valence-electron chi connectivity index (χ0n) is 6.15. The summed E-state index contributed by atoms with van der Waals surface area (Å²) in [6.07, 6.45) is 2.97. The highest BCUT2D eigenvalue weighted by Gasteiger charge is 2.08. The monoisotopic (exact) mass is 162 g/mol. The van der Waals surface area contributed by atoms with Crippen LogP contribution in [0.25, 0.3) is 10.8 Å². The van der Waals surface area contributed by atoms with Crippen molar-refractivity contribution in [3.8, 4) is 0 Å². The summed E-state index contributed by atoms with van der Waals surface area (Å²) in [4.78, 5) is 10.7. The molecule has 0 amide bonds. The van der Waals surface area contributed by atoms with E-state index in [4.69, 9.17) is 9.52 Å². The third-order valence-corrected chi connectivity index (χ3v) is 1.75. The van der Waals surface area contributed by atoms with E-state index in [1.165, 1.54) is 12.5 Å². The van der Waals surface area contributed by atoms with E-state index >= 15 is 0 Å². The van der Waals surface area contributed by atoms with Gasteiger partial charge in [-0.15, -0.1) is 0 Å². The van der Waals surface area contributed by atoms with Gasteiger partial charge in [-0.1, -0.05) is 12.1 Å². The Morgan fingerprint density at radius 2 is 2.17 bits per heavy atom. The Kier molecular flexibility index (Phi) is 1.37. The van der Waals surface area contributed by atoms with Crippen LogP contribution in [0.4, 0.5) is 0 Å². The minimum absolute atomic E-state index is 0.279. The first kappa shape index (κ1) is 6.91. The van der Waals surface area contributed by atoms with Crippen molar-refractivity contribution in [2.24, 2.45) is 0 Å². The van der Waals surface area contributed by atoms with Crippen molar-refractivity contribution in [1.29, 1.82) is 0 Å². The molecule has 2 aromatic rings. The molecular formula is C9H6O3. The lowest BCUT2D eigenvalue weighted by Crippen LogP contribution is -1.95. The average molecular weight is 162 g/mol. The number of carboxylic acids is 1. The van der Waals surface area contributed by atoms with Crippen LogP contribution < -0.4 is 0 Å². The first-order chi connectivity index (χ1) is 5.79. The Bertz CT molecular complexity index is 428. The van der Waals surface area contributed by atoms with Crippen LogP contribution in [0.2, 0.25) is 0 Å². The lowest BCUT2D eigenvalue weighted by molar-refractivity contribution is 0.0699. The molecule has 3 nitrogen and oxygen atoms in total. The molecule has 0 atom stereocenters. The summed E-state index contributed by atoms with van der Waals surface area (Å²) < 4.78 is 4.89. The normalized spacial score (nSPS) is 10.3. The Morgan fingerprint density at radius 3 is 2.92 bits per heavy atom. The predicted molar refractivity (Wildman–Crippen MR) is 43.2 cm³/mol. The second kappa shape index (κ2) is 2.37. The maximum Gasteiger partial charge on any atom is 0.336 e. The number of fused-ring (bicyclic) bond motifs is 1. The van der Waals surface area contributed by atoms with Gasteiger partial charge in [0.1, 0.15) is 0 Å². The maximum absolute atomic E-state index is 10.7. The smallest absolute Gasteiger partial charge is 0.336 e. The molecular weight excluding hydrogens is 156 g/mol. The highest BCUT2D eigenvalue weighted by Crippen LogP contribution is 2.19. The highest BCUT2D eigenvalue weighted by molar-refractivity contribution is 6.03. The fraction of sp³-hybridized carbons (Fsp3) is 0. The fourth-order valence-corrected chi connectivity index (χ4v) is 1.18. The van der Waals surface area contributed by atoms with Crippen LogP contribution in [-0.2, 0) is 0 Å². The number of benzene rings is 1. The van der Waals surface area contributed by atoms with E-state index in [0.717, 1.165) is 5.39 Å². The fourth-order valence-electron chi connectivity index (χ4n) is 1.18. The molecule has 0 bridgehead atoms. The van der Waals surface area contributed by atoms with Crippen molar-refractivity contribution < 1.29 is 14.3 Å². The molecule has 1 N–H and O–H groups in total. The van der Waals surface area contributed by atoms with E-state index in [-0.39, 0.29) is 5.56 Å². The molecule has 0 fully saturated rings. The van der Waals surface area contributed by atoms with Crippen LogP contribution in [-0.4, -0.2) is 11.1 Å². The number of furan rings is 1. The van der Waals surface area contributed by atoms with Gasteiger partial charge in [0.05, 0.1) is 18.1 Å². The minimum Gasteiger partial charge on any atom is -0.478 e. The van der Waals surface area contributed by atoms with Gasteiger partial charge in [0, 0.05) is 10.8 Å². The molecule has 2 rings (SSSR count). The molecule has 1 aromatic heterocycles. The summed E-state index contributed by atoms with van der Waals surface area (Å²) in [6.45, 7) is 0. The van der Waals surface area contributed by atoms with E-state index < -0.39 is 5.97 Å². The third kappa shape index (κ3) is 0.871. The SMILES string of the molecule is O=C(O)c1cccc2cocc12. The van der Waals surface area contributed by atoms with Gasteiger partial charge in [-0.25, -0.2) is 4.79 Å². The van der Waals surface area contributed by atoms with Crippen molar-refractivity contribution in [1.82, 2.24) is 0 Å². The largest absolute Gasteiger partial charge is 0.478 e. The minimum atomic E-state index is -0.929. The molecule has 0 spiro atoms. The molecule has 0 aliphatic carbocycles. The second-order valence-corrected chi connectivity index (χ2v) is 2.49. The van der Waals surface area contributed by atoms with Crippen LogP contribution in [0.5, 0.6) is 0 Å². The Hall–Kier alpha value is -1.77. The highest BCUT2D eigenvalue weighted by atomic mass is 16.4. The molecule has 1 aromatic carbocycles. The van der Waals surface area contributed by atoms with Crippen LogP contribution >= 0.6 is 0 Å². The van der Waals surface area contributed by atoms with Gasteiger partial charge in [0.2, 0.25) is 0 Å². The lowest BCUT2D eigenvalue weighted by atomic mass is 10.1. The summed E-state index contributed by atoms with van der Waals surface area (Å²) in [7, 11) is 0. The Labute approximate surface area is 68.2 Å². The molecule has 3 heteroatoms. The second-order valence-electron chi connectivity index (χ2n) is 2.49. The van der Waals surface area contributed by atoms with Gasteiger partial charge in [-0.3, -0.25) is 0 Å². The summed E-state index contributed by atoms with van der Waals surface area (Å²) >= 11 is 0. The number of carbonyl (C=O) groups is 1. The van der Waals surface area contributed by atoms with Crippen molar-refractivity contribution in [2.75, 3.05) is 0 Å². The van der Waals surface area contributed by atoms with E-state index in [9.17, 15) is 4.79 Å². The summed E-state index contributed by atoms with van der Waals surface area (Å²) in [6, 6.07) is 5.06. The van der Waals surface area contributed by atoms with Gasteiger partial charge in [-0.2, -0.15) is 0 Å². The Balaban J connectivity index is 2.82. The van der Waals surface area contributed by atoms with Crippen molar-refractivity contribution >= 4 is 16.7 Å². The molecule has 60 valence electrons. The van der Waals surface area contributed by atoms with Gasteiger partial charge >= 0.3 is 5.97 Å². The Morgan fingerprint density at radius 1 is 1.33 bits per heavy atom. The molecule has 0 saturated carbocycles. The third-order valence-electron chi connectivity index (χ3n) is 1.75. The molecule has 0 aliphatic rings. The number of carboxylic acid groups (broad SMARTS) is 1. The number of aromatic carboxylic acids is 1. The molecule has 0 aliphatic heterocycles. The average Bonchev–Trinajstić information content (AvgIpc) is 2.49. The summed E-state index contributed by atoms with van der Waals surface area (Å²) in [5.41, 5.74) is 0.279. The topological polar surface area (TPSA) is 50.4 Å². The van der Waals surface area contributed by atoms with Crippen molar-refractivity contribution in [3.05, 3.63) is 36.3 Å². The number of rotatable bonds is 1. The van der Waals surface area contributed by atoms with E-state index in [2.05, 4.69) is 0 Å². The zero-order valence-corrected chi connectivity index (χ0v) is 6.15. The maximum atomic E-state index is 10.7. The van der Waals surface area contributed by atoms with Gasteiger partial charge in [-0.05, 0) is 6.07 Å². The van der Waals surface area contributed by atoms with Crippen molar-refractivity contribution in [3.63, 3.8) is 0 Å². The quantitative estimate of drug-likeness (QED) is 0.698. The standard InChI is InChI=1S/C9H6O3/c10-9(11)7-3-1-2-6-4-12-5-8(6)7/h1-5H,(H,10,11).